The van der Waals surface area contributed by atoms with Gasteiger partial charge in [0.05, 0.1) is 6.10 Å². The van der Waals surface area contributed by atoms with Gasteiger partial charge in [0, 0.05) is 33.4 Å². The van der Waals surface area contributed by atoms with Crippen molar-refractivity contribution in [3.63, 3.8) is 0 Å². The van der Waals surface area contributed by atoms with Crippen molar-refractivity contribution in [2.75, 3.05) is 7.11 Å². The zero-order valence-electron chi connectivity index (χ0n) is 21.3. The van der Waals surface area contributed by atoms with Gasteiger partial charge in [0.25, 0.3) is 0 Å². The second kappa shape index (κ2) is 13.5. The van der Waals surface area contributed by atoms with Crippen molar-refractivity contribution in [3.8, 4) is 11.3 Å². The third-order valence-electron chi connectivity index (χ3n) is 7.16. The minimum atomic E-state index is 0. The first-order valence-electron chi connectivity index (χ1n) is 12.4. The van der Waals surface area contributed by atoms with E-state index < -0.39 is 0 Å². The number of hydrogen-bond acceptors (Lipinski definition) is 3. The van der Waals surface area contributed by atoms with E-state index in [1.165, 1.54) is 54.0 Å². The average Bonchev–Trinajstić information content (AvgIpc) is 3.20. The fourth-order valence-corrected chi connectivity index (χ4v) is 5.48. The van der Waals surface area contributed by atoms with Gasteiger partial charge in [0.1, 0.15) is 0 Å². The molecule has 2 saturated carbocycles. The largest absolute Gasteiger partial charge is 0.400 e. The Bertz CT molecular complexity index is 1030. The van der Waals surface area contributed by atoms with Crippen molar-refractivity contribution in [2.45, 2.75) is 78.2 Å². The third-order valence-corrected chi connectivity index (χ3v) is 7.16. The minimum absolute atomic E-state index is 0. The maximum Gasteiger partial charge on any atom is 0.0571 e. The van der Waals surface area contributed by atoms with Crippen LogP contribution in [-0.4, -0.2) is 28.4 Å². The van der Waals surface area contributed by atoms with Gasteiger partial charge in [0.2, 0.25) is 0 Å². The first kappa shape index (κ1) is 28.7. The molecular weight excluding hydrogens is 599 g/mol. The summed E-state index contributed by atoms with van der Waals surface area (Å²) in [5.41, 5.74) is 5.87. The van der Waals surface area contributed by atoms with E-state index in [-0.39, 0.29) is 26.2 Å². The van der Waals surface area contributed by atoms with E-state index in [0.29, 0.717) is 11.8 Å². The number of hydrogen-bond donors (Lipinski definition) is 2. The predicted octanol–water partition coefficient (Wildman–Crippen LogP) is 7.00. The molecule has 0 aliphatic heterocycles. The quantitative estimate of drug-likeness (QED) is 0.298. The van der Waals surface area contributed by atoms with Gasteiger partial charge in [0.15, 0.2) is 0 Å². The Morgan fingerprint density at radius 1 is 0.941 bits per heavy atom. The van der Waals surface area contributed by atoms with Gasteiger partial charge in [-0.1, -0.05) is 65.2 Å². The van der Waals surface area contributed by atoms with Crippen molar-refractivity contribution >= 4 is 10.8 Å². The normalized spacial score (nSPS) is 21.0. The van der Waals surface area contributed by atoms with Crippen molar-refractivity contribution < 1.29 is 30.3 Å². The molecule has 2 fully saturated rings. The van der Waals surface area contributed by atoms with E-state index in [0.717, 1.165) is 36.3 Å². The first-order valence-corrected chi connectivity index (χ1v) is 12.4. The summed E-state index contributed by atoms with van der Waals surface area (Å²) < 4.78 is 0. The molecule has 2 aromatic carbocycles. The van der Waals surface area contributed by atoms with Crippen LogP contribution in [0.3, 0.4) is 0 Å². The molecule has 0 amide bonds. The van der Waals surface area contributed by atoms with Crippen LogP contribution in [0.1, 0.15) is 75.0 Å². The maximum absolute atomic E-state index is 9.52. The number of aliphatic hydroxyl groups excluding tert-OH is 2. The molecule has 0 spiro atoms. The number of benzene rings is 2. The topological polar surface area (TPSA) is 53.4 Å². The summed E-state index contributed by atoms with van der Waals surface area (Å²) in [5.74, 6) is 2.10. The van der Waals surface area contributed by atoms with Crippen LogP contribution < -0.4 is 0 Å². The van der Waals surface area contributed by atoms with E-state index in [2.05, 4.69) is 75.1 Å². The Morgan fingerprint density at radius 3 is 2.35 bits per heavy atom. The molecule has 187 valence electrons. The fourth-order valence-electron chi connectivity index (χ4n) is 5.48. The van der Waals surface area contributed by atoms with Crippen LogP contribution in [0.5, 0.6) is 0 Å². The number of nitrogens with zero attached hydrogens (tertiary/aromatic N) is 1. The second-order valence-electron chi connectivity index (χ2n) is 9.90. The summed E-state index contributed by atoms with van der Waals surface area (Å²) in [4.78, 5) is 4.63. The van der Waals surface area contributed by atoms with Crippen LogP contribution in [0, 0.1) is 31.7 Å². The van der Waals surface area contributed by atoms with Crippen molar-refractivity contribution in [1.29, 1.82) is 0 Å². The average molecular weight is 639 g/mol. The van der Waals surface area contributed by atoms with Crippen molar-refractivity contribution in [2.24, 2.45) is 11.8 Å². The predicted molar refractivity (Wildman–Crippen MR) is 138 cm³/mol. The van der Waals surface area contributed by atoms with Gasteiger partial charge in [-0.15, -0.1) is 34.9 Å². The van der Waals surface area contributed by atoms with Crippen LogP contribution >= 0.6 is 0 Å². The summed E-state index contributed by atoms with van der Waals surface area (Å²) in [6.45, 7) is 8.65. The number of aliphatic hydroxyl groups is 2. The summed E-state index contributed by atoms with van der Waals surface area (Å²) in [6, 6.07) is 16.5. The molecule has 4 heteroatoms. The second-order valence-corrected chi connectivity index (χ2v) is 9.90. The maximum atomic E-state index is 9.52. The molecule has 3 nitrogen and oxygen atoms in total. The molecule has 3 unspecified atom stereocenters. The van der Waals surface area contributed by atoms with Gasteiger partial charge in [-0.05, 0) is 65.1 Å². The number of fused-ring (bicyclic) bond motifs is 2. The van der Waals surface area contributed by atoms with Crippen LogP contribution in [0.25, 0.3) is 22.0 Å². The molecule has 34 heavy (non-hydrogen) atoms. The van der Waals surface area contributed by atoms with Gasteiger partial charge in [-0.3, -0.25) is 0 Å². The Labute approximate surface area is 219 Å². The molecule has 2 aliphatic rings. The Kier molecular flexibility index (Phi) is 11.4. The number of pyridine rings is 1. The van der Waals surface area contributed by atoms with E-state index >= 15 is 0 Å². The zero-order valence-corrected chi connectivity index (χ0v) is 23.7. The smallest absolute Gasteiger partial charge is 0.0571 e. The zero-order chi connectivity index (χ0) is 24.0. The summed E-state index contributed by atoms with van der Waals surface area (Å²) in [6.07, 6.45) is 9.78. The van der Waals surface area contributed by atoms with Crippen molar-refractivity contribution in [3.05, 3.63) is 65.4 Å². The number of aryl methyl sites for hydroxylation is 2. The third kappa shape index (κ3) is 6.98. The minimum Gasteiger partial charge on any atom is -0.400 e. The molecule has 2 aliphatic carbocycles. The van der Waals surface area contributed by atoms with E-state index in [4.69, 9.17) is 5.11 Å². The van der Waals surface area contributed by atoms with Crippen molar-refractivity contribution in [1.82, 2.24) is 4.98 Å². The number of rotatable bonds is 2. The van der Waals surface area contributed by atoms with Gasteiger partial charge < -0.3 is 15.2 Å². The Balaban J connectivity index is 0.000000264. The monoisotopic (exact) mass is 639 g/mol. The molecule has 2 N–H and O–H groups in total. The van der Waals surface area contributed by atoms with Crippen LogP contribution in [0.2, 0.25) is 0 Å². The SMILES string of the molecule is CO.Cc1[c-]c(-c2nccc3ccc(C(C)C)cc23)cc(C)c1.OC1CCC2CCCCC12.[Ir]. The molecule has 1 radical (unpaired) electrons. The van der Waals surface area contributed by atoms with E-state index in [1.807, 2.05) is 6.20 Å². The molecule has 0 bridgehead atoms. The van der Waals surface area contributed by atoms with Gasteiger partial charge >= 0.3 is 0 Å². The molecule has 0 saturated heterocycles. The summed E-state index contributed by atoms with van der Waals surface area (Å²) in [5, 5.41) is 19.0. The summed E-state index contributed by atoms with van der Waals surface area (Å²) in [7, 11) is 1.00. The molecule has 3 aromatic rings. The fraction of sp³-hybridized carbons (Fsp3) is 0.500. The Hall–Kier alpha value is -1.58. The first-order chi connectivity index (χ1) is 15.9. The molecular formula is C30H40IrNO2-. The van der Waals surface area contributed by atoms with Gasteiger partial charge in [-0.2, -0.15) is 0 Å². The molecule has 1 aromatic heterocycles. The Morgan fingerprint density at radius 2 is 1.68 bits per heavy atom. The van der Waals surface area contributed by atoms with E-state index in [9.17, 15) is 5.11 Å². The van der Waals surface area contributed by atoms with Crippen LogP contribution in [0.15, 0.2) is 42.6 Å². The molecule has 5 rings (SSSR count). The summed E-state index contributed by atoms with van der Waals surface area (Å²) >= 11 is 0. The molecule has 3 atom stereocenters. The van der Waals surface area contributed by atoms with Gasteiger partial charge in [-0.25, -0.2) is 0 Å². The number of aromatic nitrogens is 1. The van der Waals surface area contributed by atoms with E-state index in [1.54, 1.807) is 0 Å². The standard InChI is InChI=1S/C20H20N.C9H16O.CH4O.Ir/c1-13(2)17-6-5-16-7-8-21-20(19(16)12-17)18-10-14(3)9-15(4)11-18;10-9-6-5-7-3-1-2-4-8(7)9;1-2;/h5-10,12-13H,1-4H3;7-10H,1-6H2;2H,1H3;/q-1;;;. The van der Waals surface area contributed by atoms with Crippen LogP contribution in [-0.2, 0) is 20.1 Å². The molecule has 1 heterocycles. The van der Waals surface area contributed by atoms with Crippen LogP contribution in [0.4, 0.5) is 0 Å².